The van der Waals surface area contributed by atoms with E-state index in [9.17, 15) is 4.79 Å². The first-order chi connectivity index (χ1) is 14.9. The van der Waals surface area contributed by atoms with Gasteiger partial charge in [0.1, 0.15) is 5.75 Å². The Bertz CT molecular complexity index is 1190. The molecule has 3 aromatic carbocycles. The Morgan fingerprint density at radius 1 is 0.968 bits per heavy atom. The molecule has 1 fully saturated rings. The number of thioether (sulfide) groups is 1. The van der Waals surface area contributed by atoms with Crippen LogP contribution in [0.2, 0.25) is 0 Å². The minimum Gasteiger partial charge on any atom is -0.496 e. The number of amidine groups is 1. The van der Waals surface area contributed by atoms with E-state index in [2.05, 4.69) is 15.9 Å². The predicted molar refractivity (Wildman–Crippen MR) is 133 cm³/mol. The Hall–Kier alpha value is -2.83. The molecule has 4 nitrogen and oxygen atoms in total. The van der Waals surface area contributed by atoms with E-state index in [1.165, 1.54) is 11.8 Å². The molecule has 1 heterocycles. The molecular weight excluding hydrogens is 472 g/mol. The van der Waals surface area contributed by atoms with Crippen molar-refractivity contribution in [1.82, 2.24) is 0 Å². The van der Waals surface area contributed by atoms with Gasteiger partial charge in [-0.05, 0) is 74.1 Å². The van der Waals surface area contributed by atoms with Crippen molar-refractivity contribution in [2.75, 3.05) is 12.0 Å². The standard InChI is InChI=1S/C25H21BrN2O2S/c1-16-4-9-20(10-5-16)27-25-28(21-11-6-17(2)7-12-21)24(29)23(31-25)15-18-14-19(26)8-13-22(18)30-3/h4-15H,1-3H3/b23-15-,27-25?. The van der Waals surface area contributed by atoms with Crippen molar-refractivity contribution in [3.8, 4) is 5.75 Å². The molecule has 0 atom stereocenters. The highest BCUT2D eigenvalue weighted by atomic mass is 79.9. The van der Waals surface area contributed by atoms with E-state index in [0.717, 1.165) is 32.5 Å². The van der Waals surface area contributed by atoms with Crippen LogP contribution in [0.1, 0.15) is 16.7 Å². The number of hydrogen-bond donors (Lipinski definition) is 0. The Kier molecular flexibility index (Phi) is 6.30. The van der Waals surface area contributed by atoms with E-state index in [-0.39, 0.29) is 5.91 Å². The fraction of sp³-hybridized carbons (Fsp3) is 0.120. The second-order valence-corrected chi connectivity index (χ2v) is 9.13. The van der Waals surface area contributed by atoms with Gasteiger partial charge in [-0.25, -0.2) is 4.99 Å². The van der Waals surface area contributed by atoms with Gasteiger partial charge in [-0.15, -0.1) is 0 Å². The van der Waals surface area contributed by atoms with Gasteiger partial charge in [-0.2, -0.15) is 0 Å². The van der Waals surface area contributed by atoms with Crippen molar-refractivity contribution in [3.63, 3.8) is 0 Å². The zero-order chi connectivity index (χ0) is 22.0. The van der Waals surface area contributed by atoms with E-state index >= 15 is 0 Å². The number of aryl methyl sites for hydroxylation is 2. The molecule has 1 aliphatic heterocycles. The number of ether oxygens (including phenoxy) is 1. The molecular formula is C25H21BrN2O2S. The lowest BCUT2D eigenvalue weighted by Gasteiger charge is -2.16. The highest BCUT2D eigenvalue weighted by molar-refractivity contribution is 9.10. The summed E-state index contributed by atoms with van der Waals surface area (Å²) in [4.78, 5) is 20.5. The van der Waals surface area contributed by atoms with Crippen molar-refractivity contribution >= 4 is 56.2 Å². The predicted octanol–water partition coefficient (Wildman–Crippen LogP) is 6.88. The number of anilines is 1. The number of amides is 1. The summed E-state index contributed by atoms with van der Waals surface area (Å²) in [5.41, 5.74) is 4.72. The molecule has 0 unspecified atom stereocenters. The third-order valence-electron chi connectivity index (χ3n) is 4.84. The summed E-state index contributed by atoms with van der Waals surface area (Å²) in [5.74, 6) is 0.594. The van der Waals surface area contributed by atoms with Crippen LogP contribution in [-0.4, -0.2) is 18.2 Å². The molecule has 3 aromatic rings. The highest BCUT2D eigenvalue weighted by Crippen LogP contribution is 2.38. The van der Waals surface area contributed by atoms with E-state index in [4.69, 9.17) is 9.73 Å². The van der Waals surface area contributed by atoms with E-state index < -0.39 is 0 Å². The topological polar surface area (TPSA) is 41.9 Å². The molecule has 31 heavy (non-hydrogen) atoms. The second kappa shape index (κ2) is 9.12. The monoisotopic (exact) mass is 492 g/mol. The average molecular weight is 493 g/mol. The third kappa shape index (κ3) is 4.75. The first-order valence-electron chi connectivity index (χ1n) is 9.74. The fourth-order valence-corrected chi connectivity index (χ4v) is 4.53. The number of carbonyl (C=O) groups excluding carboxylic acids is 1. The lowest BCUT2D eigenvalue weighted by molar-refractivity contribution is -0.113. The minimum atomic E-state index is -0.109. The Morgan fingerprint density at radius 2 is 1.61 bits per heavy atom. The summed E-state index contributed by atoms with van der Waals surface area (Å²) in [6.45, 7) is 4.06. The Labute approximate surface area is 194 Å². The fourth-order valence-electron chi connectivity index (χ4n) is 3.16. The van der Waals surface area contributed by atoms with Crippen molar-refractivity contribution < 1.29 is 9.53 Å². The van der Waals surface area contributed by atoms with Crippen LogP contribution in [0.5, 0.6) is 5.75 Å². The number of aliphatic imine (C=N–C) groups is 1. The van der Waals surface area contributed by atoms with Gasteiger partial charge >= 0.3 is 0 Å². The summed E-state index contributed by atoms with van der Waals surface area (Å²) in [6, 6.07) is 21.5. The van der Waals surface area contributed by atoms with Gasteiger partial charge in [0.15, 0.2) is 5.17 Å². The van der Waals surface area contributed by atoms with Crippen LogP contribution in [-0.2, 0) is 4.79 Å². The van der Waals surface area contributed by atoms with E-state index in [0.29, 0.717) is 15.8 Å². The molecule has 0 N–H and O–H groups in total. The highest BCUT2D eigenvalue weighted by Gasteiger charge is 2.35. The van der Waals surface area contributed by atoms with Gasteiger partial charge in [-0.3, -0.25) is 9.69 Å². The average Bonchev–Trinajstić information content (AvgIpc) is 3.05. The molecule has 0 spiro atoms. The zero-order valence-corrected chi connectivity index (χ0v) is 19.8. The summed E-state index contributed by atoms with van der Waals surface area (Å²) >= 11 is 4.86. The molecule has 0 saturated carbocycles. The maximum atomic E-state index is 13.4. The lowest BCUT2D eigenvalue weighted by atomic mass is 10.1. The molecule has 6 heteroatoms. The summed E-state index contributed by atoms with van der Waals surface area (Å²) < 4.78 is 6.39. The van der Waals surface area contributed by atoms with Gasteiger partial charge < -0.3 is 4.74 Å². The van der Waals surface area contributed by atoms with E-state index in [1.54, 1.807) is 12.0 Å². The quantitative estimate of drug-likeness (QED) is 0.372. The van der Waals surface area contributed by atoms with Crippen LogP contribution in [0.15, 0.2) is 81.1 Å². The van der Waals surface area contributed by atoms with Crippen molar-refractivity contribution in [2.24, 2.45) is 4.99 Å². The molecule has 4 rings (SSSR count). The molecule has 0 aliphatic carbocycles. The zero-order valence-electron chi connectivity index (χ0n) is 17.4. The molecule has 0 bridgehead atoms. The largest absolute Gasteiger partial charge is 0.496 e. The molecule has 1 amide bonds. The van der Waals surface area contributed by atoms with Gasteiger partial charge in [0.25, 0.3) is 5.91 Å². The lowest BCUT2D eigenvalue weighted by Crippen LogP contribution is -2.28. The summed E-state index contributed by atoms with van der Waals surface area (Å²) in [5, 5.41) is 0.623. The normalized spacial score (nSPS) is 16.4. The Morgan fingerprint density at radius 3 is 2.26 bits per heavy atom. The number of carbonyl (C=O) groups is 1. The molecule has 0 aromatic heterocycles. The van der Waals surface area contributed by atoms with Crippen molar-refractivity contribution in [2.45, 2.75) is 13.8 Å². The van der Waals surface area contributed by atoms with Crippen molar-refractivity contribution in [3.05, 3.63) is 92.8 Å². The summed E-state index contributed by atoms with van der Waals surface area (Å²) in [6.07, 6.45) is 1.86. The number of benzene rings is 3. The molecule has 156 valence electrons. The van der Waals surface area contributed by atoms with Crippen LogP contribution in [0.4, 0.5) is 11.4 Å². The molecule has 1 aliphatic rings. The third-order valence-corrected chi connectivity index (χ3v) is 6.30. The number of hydrogen-bond acceptors (Lipinski definition) is 4. The van der Waals surface area contributed by atoms with Gasteiger partial charge in [0.2, 0.25) is 0 Å². The van der Waals surface area contributed by atoms with Crippen LogP contribution in [0.3, 0.4) is 0 Å². The van der Waals surface area contributed by atoms with Gasteiger partial charge in [0, 0.05) is 10.0 Å². The smallest absolute Gasteiger partial charge is 0.271 e. The number of rotatable bonds is 4. The number of methoxy groups -OCH3 is 1. The van der Waals surface area contributed by atoms with Gasteiger partial charge in [0.05, 0.1) is 23.4 Å². The van der Waals surface area contributed by atoms with Crippen LogP contribution >= 0.6 is 27.7 Å². The molecule has 0 radical (unpaired) electrons. The SMILES string of the molecule is COc1ccc(Br)cc1/C=C1\SC(=Nc2ccc(C)cc2)N(c2ccc(C)cc2)C1=O. The van der Waals surface area contributed by atoms with Gasteiger partial charge in [-0.1, -0.05) is 51.3 Å². The van der Waals surface area contributed by atoms with Crippen LogP contribution < -0.4 is 9.64 Å². The van der Waals surface area contributed by atoms with Crippen LogP contribution in [0, 0.1) is 13.8 Å². The Balaban J connectivity index is 1.79. The van der Waals surface area contributed by atoms with Crippen molar-refractivity contribution in [1.29, 1.82) is 0 Å². The molecule has 1 saturated heterocycles. The number of nitrogens with zero attached hydrogens (tertiary/aromatic N) is 2. The summed E-state index contributed by atoms with van der Waals surface area (Å²) in [7, 11) is 1.62. The second-order valence-electron chi connectivity index (χ2n) is 7.20. The first kappa shape index (κ1) is 21.4. The maximum absolute atomic E-state index is 13.4. The first-order valence-corrected chi connectivity index (χ1v) is 11.3. The maximum Gasteiger partial charge on any atom is 0.271 e. The van der Waals surface area contributed by atoms with E-state index in [1.807, 2.05) is 86.7 Å². The number of halogens is 1. The minimum absolute atomic E-state index is 0.109. The van der Waals surface area contributed by atoms with Crippen LogP contribution in [0.25, 0.3) is 6.08 Å².